The fourth-order valence-electron chi connectivity index (χ4n) is 2.28. The molecule has 1 unspecified atom stereocenters. The van der Waals surface area contributed by atoms with E-state index in [0.29, 0.717) is 11.3 Å². The number of urea groups is 1. The first-order valence-electron chi connectivity index (χ1n) is 7.00. The Morgan fingerprint density at radius 2 is 1.68 bits per heavy atom. The van der Waals surface area contributed by atoms with Crippen molar-refractivity contribution in [2.24, 2.45) is 5.73 Å². The van der Waals surface area contributed by atoms with E-state index in [-0.39, 0.29) is 11.9 Å². The number of hydrogen-bond acceptors (Lipinski definition) is 2. The summed E-state index contributed by atoms with van der Waals surface area (Å²) in [7, 11) is 0. The van der Waals surface area contributed by atoms with Gasteiger partial charge in [0.05, 0.1) is 6.04 Å². The molecule has 2 aromatic rings. The highest BCUT2D eigenvalue weighted by Crippen LogP contribution is 2.17. The van der Waals surface area contributed by atoms with Crippen LogP contribution in [0.25, 0.3) is 0 Å². The van der Waals surface area contributed by atoms with Crippen molar-refractivity contribution in [2.45, 2.75) is 19.9 Å². The third kappa shape index (κ3) is 3.85. The summed E-state index contributed by atoms with van der Waals surface area (Å²) in [4.78, 5) is 23.0. The zero-order valence-corrected chi connectivity index (χ0v) is 12.6. The number of benzene rings is 2. The number of nitrogens with one attached hydrogen (secondary N) is 2. The van der Waals surface area contributed by atoms with Gasteiger partial charge in [0.2, 0.25) is 0 Å². The average Bonchev–Trinajstić information content (AvgIpc) is 2.47. The molecule has 0 aromatic heterocycles. The van der Waals surface area contributed by atoms with Gasteiger partial charge in [-0.2, -0.15) is 0 Å². The van der Waals surface area contributed by atoms with Gasteiger partial charge < -0.3 is 16.4 Å². The summed E-state index contributed by atoms with van der Waals surface area (Å²) in [5.74, 6) is -0.165. The summed E-state index contributed by atoms with van der Waals surface area (Å²) in [5, 5.41) is 5.41. The quantitative estimate of drug-likeness (QED) is 0.810. The number of rotatable bonds is 4. The van der Waals surface area contributed by atoms with Gasteiger partial charge in [0.1, 0.15) is 0 Å². The van der Waals surface area contributed by atoms with Crippen LogP contribution in [0.3, 0.4) is 0 Å². The second kappa shape index (κ2) is 6.76. The Morgan fingerprint density at radius 1 is 1.05 bits per heavy atom. The zero-order chi connectivity index (χ0) is 16.1. The molecule has 5 nitrogen and oxygen atoms in total. The molecule has 4 N–H and O–H groups in total. The number of anilines is 1. The van der Waals surface area contributed by atoms with Crippen LogP contribution in [0.5, 0.6) is 0 Å². The second-order valence-corrected chi connectivity index (χ2v) is 5.12. The molecule has 1 atom stereocenters. The van der Waals surface area contributed by atoms with Crippen LogP contribution in [-0.2, 0) is 0 Å². The highest BCUT2D eigenvalue weighted by Gasteiger charge is 2.12. The van der Waals surface area contributed by atoms with Gasteiger partial charge in [0.15, 0.2) is 0 Å². The predicted octanol–water partition coefficient (Wildman–Crippen LogP) is 2.98. The molecule has 5 heteroatoms. The van der Waals surface area contributed by atoms with Crippen molar-refractivity contribution < 1.29 is 9.59 Å². The number of primary amides is 1. The van der Waals surface area contributed by atoms with Crippen LogP contribution in [0.4, 0.5) is 10.5 Å². The van der Waals surface area contributed by atoms with Crippen LogP contribution in [0, 0.1) is 6.92 Å². The van der Waals surface area contributed by atoms with E-state index in [2.05, 4.69) is 10.6 Å². The SMILES string of the molecule is Cc1ccccc1C(C)NC(=O)c1ccc(NC(N)=O)cc1. The number of carbonyl (C=O) groups is 2. The lowest BCUT2D eigenvalue weighted by molar-refractivity contribution is 0.0940. The predicted molar refractivity (Wildman–Crippen MR) is 86.7 cm³/mol. The van der Waals surface area contributed by atoms with E-state index >= 15 is 0 Å². The Kier molecular flexibility index (Phi) is 4.78. The van der Waals surface area contributed by atoms with Crippen molar-refractivity contribution in [3.05, 3.63) is 65.2 Å². The van der Waals surface area contributed by atoms with Crippen LogP contribution in [0.2, 0.25) is 0 Å². The van der Waals surface area contributed by atoms with E-state index in [1.54, 1.807) is 24.3 Å². The minimum Gasteiger partial charge on any atom is -0.351 e. The smallest absolute Gasteiger partial charge is 0.316 e. The maximum absolute atomic E-state index is 12.3. The molecule has 0 saturated carbocycles. The molecule has 0 radical (unpaired) electrons. The van der Waals surface area contributed by atoms with Crippen LogP contribution < -0.4 is 16.4 Å². The number of amides is 3. The molecule has 22 heavy (non-hydrogen) atoms. The Morgan fingerprint density at radius 3 is 2.27 bits per heavy atom. The average molecular weight is 297 g/mol. The number of carbonyl (C=O) groups excluding carboxylic acids is 2. The molecule has 0 spiro atoms. The number of hydrogen-bond donors (Lipinski definition) is 3. The minimum absolute atomic E-state index is 0.0860. The first-order chi connectivity index (χ1) is 10.5. The molecule has 0 bridgehead atoms. The van der Waals surface area contributed by atoms with E-state index in [0.717, 1.165) is 11.1 Å². The molecule has 2 rings (SSSR count). The van der Waals surface area contributed by atoms with Gasteiger partial charge in [0.25, 0.3) is 5.91 Å². The highest BCUT2D eigenvalue weighted by molar-refractivity contribution is 5.95. The molecule has 0 saturated heterocycles. The Bertz CT molecular complexity index is 681. The van der Waals surface area contributed by atoms with E-state index in [1.807, 2.05) is 38.1 Å². The van der Waals surface area contributed by atoms with Gasteiger partial charge in [0, 0.05) is 11.3 Å². The van der Waals surface area contributed by atoms with Crippen molar-refractivity contribution in [3.8, 4) is 0 Å². The minimum atomic E-state index is -0.634. The lowest BCUT2D eigenvalue weighted by Gasteiger charge is -2.16. The monoisotopic (exact) mass is 297 g/mol. The fourth-order valence-corrected chi connectivity index (χ4v) is 2.28. The first-order valence-corrected chi connectivity index (χ1v) is 7.00. The molecular formula is C17H19N3O2. The summed E-state index contributed by atoms with van der Waals surface area (Å²) >= 11 is 0. The zero-order valence-electron chi connectivity index (χ0n) is 12.6. The Hall–Kier alpha value is -2.82. The molecule has 114 valence electrons. The van der Waals surface area contributed by atoms with Gasteiger partial charge in [-0.1, -0.05) is 24.3 Å². The maximum Gasteiger partial charge on any atom is 0.316 e. The van der Waals surface area contributed by atoms with Crippen molar-refractivity contribution in [1.82, 2.24) is 5.32 Å². The summed E-state index contributed by atoms with van der Waals surface area (Å²) < 4.78 is 0. The summed E-state index contributed by atoms with van der Waals surface area (Å²) in [6.07, 6.45) is 0. The molecule has 0 heterocycles. The topological polar surface area (TPSA) is 84.2 Å². The second-order valence-electron chi connectivity index (χ2n) is 5.12. The molecule has 3 amide bonds. The molecule has 2 aromatic carbocycles. The Labute approximate surface area is 129 Å². The summed E-state index contributed by atoms with van der Waals surface area (Å²) in [5.41, 5.74) is 8.33. The van der Waals surface area contributed by atoms with Crippen LogP contribution >= 0.6 is 0 Å². The van der Waals surface area contributed by atoms with E-state index in [9.17, 15) is 9.59 Å². The third-order valence-corrected chi connectivity index (χ3v) is 3.42. The molecule has 0 aliphatic heterocycles. The van der Waals surface area contributed by atoms with Gasteiger partial charge in [-0.25, -0.2) is 4.79 Å². The van der Waals surface area contributed by atoms with E-state index in [1.165, 1.54) is 0 Å². The van der Waals surface area contributed by atoms with E-state index in [4.69, 9.17) is 5.73 Å². The largest absolute Gasteiger partial charge is 0.351 e. The highest BCUT2D eigenvalue weighted by atomic mass is 16.2. The third-order valence-electron chi connectivity index (χ3n) is 3.42. The van der Waals surface area contributed by atoms with Gasteiger partial charge >= 0.3 is 6.03 Å². The van der Waals surface area contributed by atoms with E-state index < -0.39 is 6.03 Å². The summed E-state index contributed by atoms with van der Waals surface area (Å²) in [6, 6.07) is 13.8. The fraction of sp³-hybridized carbons (Fsp3) is 0.176. The van der Waals surface area contributed by atoms with Gasteiger partial charge in [-0.3, -0.25) is 4.79 Å². The molecule has 0 fully saturated rings. The normalized spacial score (nSPS) is 11.5. The standard InChI is InChI=1S/C17H19N3O2/c1-11-5-3-4-6-15(11)12(2)19-16(21)13-7-9-14(10-8-13)20-17(18)22/h3-10,12H,1-2H3,(H,19,21)(H3,18,20,22). The first kappa shape index (κ1) is 15.6. The van der Waals surface area contributed by atoms with Crippen LogP contribution in [0.1, 0.15) is 34.5 Å². The lowest BCUT2D eigenvalue weighted by Crippen LogP contribution is -2.27. The van der Waals surface area contributed by atoms with Gasteiger partial charge in [-0.15, -0.1) is 0 Å². The molecule has 0 aliphatic rings. The molecular weight excluding hydrogens is 278 g/mol. The van der Waals surface area contributed by atoms with Crippen molar-refractivity contribution in [3.63, 3.8) is 0 Å². The van der Waals surface area contributed by atoms with Crippen molar-refractivity contribution in [1.29, 1.82) is 0 Å². The number of nitrogens with two attached hydrogens (primary N) is 1. The number of aryl methyl sites for hydroxylation is 1. The van der Waals surface area contributed by atoms with Crippen LogP contribution in [0.15, 0.2) is 48.5 Å². The molecule has 0 aliphatic carbocycles. The van der Waals surface area contributed by atoms with Crippen molar-refractivity contribution in [2.75, 3.05) is 5.32 Å². The van der Waals surface area contributed by atoms with Crippen LogP contribution in [-0.4, -0.2) is 11.9 Å². The van der Waals surface area contributed by atoms with Gasteiger partial charge in [-0.05, 0) is 49.2 Å². The summed E-state index contributed by atoms with van der Waals surface area (Å²) in [6.45, 7) is 3.96. The lowest BCUT2D eigenvalue weighted by atomic mass is 10.0. The Balaban J connectivity index is 2.06. The van der Waals surface area contributed by atoms with Crippen molar-refractivity contribution >= 4 is 17.6 Å². The maximum atomic E-state index is 12.3.